The summed E-state index contributed by atoms with van der Waals surface area (Å²) in [7, 11) is 0. The van der Waals surface area contributed by atoms with Crippen LogP contribution in [0.1, 0.15) is 35.2 Å². The molecule has 0 radical (unpaired) electrons. The third kappa shape index (κ3) is 3.71. The summed E-state index contributed by atoms with van der Waals surface area (Å²) in [5.41, 5.74) is 2.91. The van der Waals surface area contributed by atoms with Crippen LogP contribution in [0, 0.1) is 0 Å². The molecule has 1 aromatic heterocycles. The van der Waals surface area contributed by atoms with Gasteiger partial charge in [0.25, 0.3) is 5.91 Å². The van der Waals surface area contributed by atoms with Crippen LogP contribution in [0.2, 0.25) is 0 Å². The Morgan fingerprint density at radius 2 is 1.88 bits per heavy atom. The lowest BCUT2D eigenvalue weighted by atomic mass is 9.96. The summed E-state index contributed by atoms with van der Waals surface area (Å²) in [5.74, 6) is 0.293. The van der Waals surface area contributed by atoms with Gasteiger partial charge in [-0.3, -0.25) is 4.79 Å². The molecule has 3 rings (SSSR count). The van der Waals surface area contributed by atoms with Gasteiger partial charge in [0, 0.05) is 36.1 Å². The summed E-state index contributed by atoms with van der Waals surface area (Å²) >= 11 is 0. The number of amides is 1. The molecule has 1 amide bonds. The Kier molecular flexibility index (Phi) is 5.06. The molecule has 1 atom stereocenters. The van der Waals surface area contributed by atoms with E-state index in [9.17, 15) is 4.79 Å². The maximum absolute atomic E-state index is 12.4. The van der Waals surface area contributed by atoms with Crippen LogP contribution in [0.25, 0.3) is 5.69 Å². The fourth-order valence-electron chi connectivity index (χ4n) is 2.74. The van der Waals surface area contributed by atoms with Gasteiger partial charge in [0.15, 0.2) is 0 Å². The number of nitrogens with one attached hydrogen (secondary N) is 1. The maximum Gasteiger partial charge on any atom is 0.251 e. The smallest absolute Gasteiger partial charge is 0.251 e. The highest BCUT2D eigenvalue weighted by atomic mass is 16.1. The zero-order valence-electron chi connectivity index (χ0n) is 13.7. The summed E-state index contributed by atoms with van der Waals surface area (Å²) in [6.45, 7) is 2.78. The standard InChI is InChI=1S/C20H21N3O/c1-2-16(17-6-4-3-5-7-17)14-22-20(24)18-8-10-19(11-9-18)23-13-12-21-15-23/h3-13,15-16H,2,14H2,1H3,(H,22,24)/t16-/m0/s1. The van der Waals surface area contributed by atoms with Crippen molar-refractivity contribution in [3.63, 3.8) is 0 Å². The molecule has 0 saturated carbocycles. The van der Waals surface area contributed by atoms with Crippen molar-refractivity contribution in [2.45, 2.75) is 19.3 Å². The molecule has 0 fully saturated rings. The van der Waals surface area contributed by atoms with Gasteiger partial charge in [0.05, 0.1) is 6.33 Å². The Balaban J connectivity index is 1.62. The number of benzene rings is 2. The summed E-state index contributed by atoms with van der Waals surface area (Å²) in [6, 6.07) is 17.8. The van der Waals surface area contributed by atoms with Crippen LogP contribution < -0.4 is 5.32 Å². The minimum atomic E-state index is -0.0402. The van der Waals surface area contributed by atoms with Crippen molar-refractivity contribution in [3.05, 3.63) is 84.4 Å². The van der Waals surface area contributed by atoms with Crippen molar-refractivity contribution < 1.29 is 4.79 Å². The normalized spacial score (nSPS) is 11.9. The predicted octanol–water partition coefficient (Wildman–Crippen LogP) is 3.80. The molecule has 1 heterocycles. The highest BCUT2D eigenvalue weighted by Gasteiger charge is 2.12. The quantitative estimate of drug-likeness (QED) is 0.751. The lowest BCUT2D eigenvalue weighted by Crippen LogP contribution is -2.28. The zero-order valence-corrected chi connectivity index (χ0v) is 13.7. The van der Waals surface area contributed by atoms with E-state index in [0.717, 1.165) is 12.1 Å². The monoisotopic (exact) mass is 319 g/mol. The second-order valence-electron chi connectivity index (χ2n) is 5.74. The fourth-order valence-corrected chi connectivity index (χ4v) is 2.74. The van der Waals surface area contributed by atoms with Gasteiger partial charge in [0.2, 0.25) is 0 Å². The summed E-state index contributed by atoms with van der Waals surface area (Å²) in [5, 5.41) is 3.04. The van der Waals surface area contributed by atoms with Crippen LogP contribution in [-0.4, -0.2) is 22.0 Å². The molecule has 3 aromatic rings. The van der Waals surface area contributed by atoms with E-state index in [1.54, 1.807) is 12.5 Å². The van der Waals surface area contributed by atoms with E-state index in [0.29, 0.717) is 18.0 Å². The molecule has 24 heavy (non-hydrogen) atoms. The minimum absolute atomic E-state index is 0.0402. The van der Waals surface area contributed by atoms with Gasteiger partial charge < -0.3 is 9.88 Å². The second-order valence-corrected chi connectivity index (χ2v) is 5.74. The topological polar surface area (TPSA) is 46.9 Å². The SMILES string of the molecule is CC[C@@H](CNC(=O)c1ccc(-n2ccnc2)cc1)c1ccccc1. The largest absolute Gasteiger partial charge is 0.351 e. The fraction of sp³-hybridized carbons (Fsp3) is 0.200. The summed E-state index contributed by atoms with van der Waals surface area (Å²) < 4.78 is 1.91. The van der Waals surface area contributed by atoms with Crippen molar-refractivity contribution >= 4 is 5.91 Å². The van der Waals surface area contributed by atoms with Gasteiger partial charge in [-0.05, 0) is 36.2 Å². The number of carbonyl (C=O) groups is 1. The third-order valence-corrected chi connectivity index (χ3v) is 4.20. The molecule has 2 aromatic carbocycles. The molecule has 0 aliphatic heterocycles. The maximum atomic E-state index is 12.4. The zero-order chi connectivity index (χ0) is 16.8. The van der Waals surface area contributed by atoms with Crippen LogP contribution >= 0.6 is 0 Å². The van der Waals surface area contributed by atoms with Gasteiger partial charge >= 0.3 is 0 Å². The molecule has 0 bridgehead atoms. The molecular formula is C20H21N3O. The first-order valence-corrected chi connectivity index (χ1v) is 8.19. The molecule has 0 unspecified atom stereocenters. The number of hydrogen-bond donors (Lipinski definition) is 1. The molecule has 122 valence electrons. The van der Waals surface area contributed by atoms with E-state index in [4.69, 9.17) is 0 Å². The number of aromatic nitrogens is 2. The van der Waals surface area contributed by atoms with Crippen LogP contribution in [0.3, 0.4) is 0 Å². The Morgan fingerprint density at radius 1 is 1.12 bits per heavy atom. The molecule has 0 saturated heterocycles. The highest BCUT2D eigenvalue weighted by molar-refractivity contribution is 5.94. The number of rotatable bonds is 6. The lowest BCUT2D eigenvalue weighted by molar-refractivity contribution is 0.0951. The number of nitrogens with zero attached hydrogens (tertiary/aromatic N) is 2. The van der Waals surface area contributed by atoms with E-state index < -0.39 is 0 Å². The Bertz CT molecular complexity index is 764. The van der Waals surface area contributed by atoms with Gasteiger partial charge in [-0.25, -0.2) is 4.98 Å². The molecule has 0 aliphatic rings. The van der Waals surface area contributed by atoms with Gasteiger partial charge in [-0.1, -0.05) is 37.3 Å². The van der Waals surface area contributed by atoms with Gasteiger partial charge in [-0.2, -0.15) is 0 Å². The Hall–Kier alpha value is -2.88. The molecule has 4 nitrogen and oxygen atoms in total. The molecule has 0 aliphatic carbocycles. The van der Waals surface area contributed by atoms with E-state index in [1.165, 1.54) is 5.56 Å². The first-order chi connectivity index (χ1) is 11.8. The molecule has 1 N–H and O–H groups in total. The molecule has 4 heteroatoms. The van der Waals surface area contributed by atoms with Crippen molar-refractivity contribution in [1.29, 1.82) is 0 Å². The van der Waals surface area contributed by atoms with E-state index in [1.807, 2.05) is 53.2 Å². The van der Waals surface area contributed by atoms with Crippen molar-refractivity contribution in [2.24, 2.45) is 0 Å². The van der Waals surface area contributed by atoms with Crippen LogP contribution in [-0.2, 0) is 0 Å². The first-order valence-electron chi connectivity index (χ1n) is 8.19. The summed E-state index contributed by atoms with van der Waals surface area (Å²) in [4.78, 5) is 16.4. The number of carbonyl (C=O) groups excluding carboxylic acids is 1. The van der Waals surface area contributed by atoms with Gasteiger partial charge in [-0.15, -0.1) is 0 Å². The molecule has 0 spiro atoms. The van der Waals surface area contributed by atoms with Crippen molar-refractivity contribution in [2.75, 3.05) is 6.54 Å². The third-order valence-electron chi connectivity index (χ3n) is 4.20. The first kappa shape index (κ1) is 16.0. The van der Waals surface area contributed by atoms with Crippen molar-refractivity contribution in [3.8, 4) is 5.69 Å². The van der Waals surface area contributed by atoms with E-state index in [-0.39, 0.29) is 5.91 Å². The van der Waals surface area contributed by atoms with Crippen LogP contribution in [0.4, 0.5) is 0 Å². The molecular weight excluding hydrogens is 298 g/mol. The van der Waals surface area contributed by atoms with Crippen molar-refractivity contribution in [1.82, 2.24) is 14.9 Å². The minimum Gasteiger partial charge on any atom is -0.351 e. The predicted molar refractivity (Wildman–Crippen MR) is 95.4 cm³/mol. The summed E-state index contributed by atoms with van der Waals surface area (Å²) in [6.07, 6.45) is 6.33. The van der Waals surface area contributed by atoms with Crippen LogP contribution in [0.15, 0.2) is 73.3 Å². The average molecular weight is 319 g/mol. The van der Waals surface area contributed by atoms with Gasteiger partial charge in [0.1, 0.15) is 0 Å². The lowest BCUT2D eigenvalue weighted by Gasteiger charge is -2.16. The Morgan fingerprint density at radius 3 is 2.50 bits per heavy atom. The second kappa shape index (κ2) is 7.59. The number of imidazole rings is 1. The van der Waals surface area contributed by atoms with E-state index >= 15 is 0 Å². The highest BCUT2D eigenvalue weighted by Crippen LogP contribution is 2.18. The number of hydrogen-bond acceptors (Lipinski definition) is 2. The Labute approximate surface area is 142 Å². The average Bonchev–Trinajstić information content (AvgIpc) is 3.18. The van der Waals surface area contributed by atoms with Crippen LogP contribution in [0.5, 0.6) is 0 Å². The van der Waals surface area contributed by atoms with E-state index in [2.05, 4.69) is 29.4 Å².